The van der Waals surface area contributed by atoms with Crippen molar-refractivity contribution in [3.8, 4) is 0 Å². The third-order valence-corrected chi connectivity index (χ3v) is 11.6. The Morgan fingerprint density at radius 2 is 0.982 bits per heavy atom. The molecule has 2 N–H and O–H groups in total. The third-order valence-electron chi connectivity index (χ3n) is 10.7. The fourth-order valence-electron chi connectivity index (χ4n) is 6.85. The van der Waals surface area contributed by atoms with Gasteiger partial charge < -0.3 is 28.8 Å². The van der Waals surface area contributed by atoms with Crippen LogP contribution in [0.2, 0.25) is 0 Å². The summed E-state index contributed by atoms with van der Waals surface area (Å²) in [5.74, 6) is -0.202. The van der Waals surface area contributed by atoms with Gasteiger partial charge in [0.05, 0.1) is 39.9 Å². The molecule has 0 aromatic rings. The molecule has 0 rings (SSSR count). The minimum absolute atomic E-state index is 0.000382. The number of nitrogens with one attached hydrogen (secondary N) is 1. The first-order chi connectivity index (χ1) is 27.0. The lowest BCUT2D eigenvalue weighted by molar-refractivity contribution is -0.870. The summed E-state index contributed by atoms with van der Waals surface area (Å²) in [6.07, 6.45) is 47.3. The number of phosphoric ester groups is 1. The number of phosphoric acid groups is 1. The van der Waals surface area contributed by atoms with Crippen LogP contribution in [-0.4, -0.2) is 68.5 Å². The molecule has 0 aromatic carbocycles. The molecule has 332 valence electrons. The van der Waals surface area contributed by atoms with Gasteiger partial charge in [0.15, 0.2) is 0 Å². The highest BCUT2D eigenvalue weighted by molar-refractivity contribution is 7.45. The second kappa shape index (κ2) is 39.4. The number of unbranched alkanes of at least 4 members (excludes halogenated alkanes) is 28. The van der Waals surface area contributed by atoms with Crippen molar-refractivity contribution >= 4 is 13.7 Å². The molecule has 1 amide bonds. The molecule has 0 spiro atoms. The zero-order valence-corrected chi connectivity index (χ0v) is 38.5. The molecule has 0 aromatic heterocycles. The Morgan fingerprint density at radius 1 is 0.607 bits per heavy atom. The fraction of sp³-hybridized carbons (Fsp3) is 0.894. The van der Waals surface area contributed by atoms with Crippen molar-refractivity contribution < 1.29 is 32.9 Å². The Labute approximate surface area is 347 Å². The molecule has 8 nitrogen and oxygen atoms in total. The van der Waals surface area contributed by atoms with Gasteiger partial charge in [-0.15, -0.1) is 0 Å². The molecule has 0 saturated carbocycles. The summed E-state index contributed by atoms with van der Waals surface area (Å²) in [4.78, 5) is 25.1. The van der Waals surface area contributed by atoms with Crippen molar-refractivity contribution in [2.75, 3.05) is 40.9 Å². The van der Waals surface area contributed by atoms with Crippen LogP contribution >= 0.6 is 7.82 Å². The molecule has 3 atom stereocenters. The first-order valence-electron chi connectivity index (χ1n) is 23.7. The van der Waals surface area contributed by atoms with Crippen molar-refractivity contribution in [1.82, 2.24) is 5.32 Å². The number of hydrogen-bond acceptors (Lipinski definition) is 6. The molecule has 56 heavy (non-hydrogen) atoms. The lowest BCUT2D eigenvalue weighted by Crippen LogP contribution is -2.45. The van der Waals surface area contributed by atoms with Crippen LogP contribution in [0.1, 0.15) is 219 Å². The van der Waals surface area contributed by atoms with E-state index in [2.05, 4.69) is 31.3 Å². The van der Waals surface area contributed by atoms with Crippen molar-refractivity contribution in [2.45, 2.75) is 231 Å². The van der Waals surface area contributed by atoms with Crippen LogP contribution in [0.3, 0.4) is 0 Å². The van der Waals surface area contributed by atoms with Crippen LogP contribution in [0.15, 0.2) is 24.3 Å². The molecule has 0 radical (unpaired) electrons. The van der Waals surface area contributed by atoms with E-state index >= 15 is 0 Å². The lowest BCUT2D eigenvalue weighted by Gasteiger charge is -2.29. The van der Waals surface area contributed by atoms with Gasteiger partial charge in [-0.3, -0.25) is 9.36 Å². The van der Waals surface area contributed by atoms with E-state index in [1.807, 2.05) is 27.2 Å². The second-order valence-corrected chi connectivity index (χ2v) is 18.9. The van der Waals surface area contributed by atoms with Gasteiger partial charge in [-0.2, -0.15) is 0 Å². The monoisotopic (exact) mass is 813 g/mol. The highest BCUT2D eigenvalue weighted by atomic mass is 31.2. The van der Waals surface area contributed by atoms with Crippen LogP contribution in [0, 0.1) is 0 Å². The minimum Gasteiger partial charge on any atom is -0.756 e. The molecular weight excluding hydrogens is 719 g/mol. The van der Waals surface area contributed by atoms with E-state index in [9.17, 15) is 19.4 Å². The van der Waals surface area contributed by atoms with E-state index in [0.717, 1.165) is 44.9 Å². The minimum atomic E-state index is -4.57. The summed E-state index contributed by atoms with van der Waals surface area (Å²) < 4.78 is 23.0. The Morgan fingerprint density at radius 3 is 1.43 bits per heavy atom. The summed E-state index contributed by atoms with van der Waals surface area (Å²) in [5, 5.41) is 13.6. The van der Waals surface area contributed by atoms with E-state index in [1.165, 1.54) is 154 Å². The first kappa shape index (κ1) is 55.0. The molecule has 0 aliphatic heterocycles. The Bertz CT molecular complexity index is 969. The number of carbonyl (C=O) groups is 1. The number of allylic oxidation sites excluding steroid dienone is 3. The van der Waals surface area contributed by atoms with Crippen LogP contribution in [-0.2, 0) is 18.4 Å². The number of quaternary nitrogens is 1. The van der Waals surface area contributed by atoms with E-state index < -0.39 is 20.0 Å². The van der Waals surface area contributed by atoms with Gasteiger partial charge in [0, 0.05) is 6.42 Å². The topological polar surface area (TPSA) is 108 Å². The van der Waals surface area contributed by atoms with E-state index in [1.54, 1.807) is 6.08 Å². The van der Waals surface area contributed by atoms with Gasteiger partial charge in [0.2, 0.25) is 5.91 Å². The number of likely N-dealkylation sites (N-methyl/N-ethyl adjacent to an activating group) is 1. The summed E-state index contributed by atoms with van der Waals surface area (Å²) >= 11 is 0. The normalized spacial score (nSPS) is 14.5. The Kier molecular flexibility index (Phi) is 38.7. The SMILES string of the molecule is CCCCC/C=C/C(O)C(COP(=O)([O-])OCC[N+](C)(C)C)NC(=O)CCCCCCCCCCCCCCCCCCC/C=C\CCCCCCCCCC. The maximum absolute atomic E-state index is 12.7. The van der Waals surface area contributed by atoms with Crippen molar-refractivity contribution in [2.24, 2.45) is 0 Å². The molecule has 0 bridgehead atoms. The molecule has 3 unspecified atom stereocenters. The zero-order valence-electron chi connectivity index (χ0n) is 37.6. The molecule has 0 aliphatic carbocycles. The van der Waals surface area contributed by atoms with Gasteiger partial charge in [-0.25, -0.2) is 0 Å². The number of carbonyl (C=O) groups excluding carboxylic acids is 1. The Balaban J connectivity index is 3.86. The van der Waals surface area contributed by atoms with Crippen LogP contribution < -0.4 is 10.2 Å². The maximum Gasteiger partial charge on any atom is 0.268 e. The largest absolute Gasteiger partial charge is 0.756 e. The van der Waals surface area contributed by atoms with Crippen molar-refractivity contribution in [3.63, 3.8) is 0 Å². The Hall–Kier alpha value is -1.02. The van der Waals surface area contributed by atoms with Gasteiger partial charge in [0.1, 0.15) is 13.2 Å². The second-order valence-electron chi connectivity index (χ2n) is 17.5. The average molecular weight is 813 g/mol. The number of aliphatic hydroxyl groups is 1. The van der Waals surface area contributed by atoms with Crippen molar-refractivity contribution in [3.05, 3.63) is 24.3 Å². The molecule has 0 heterocycles. The summed E-state index contributed by atoms with van der Waals surface area (Å²) in [7, 11) is 1.26. The third kappa shape index (κ3) is 41.2. The number of nitrogens with zero attached hydrogens (tertiary/aromatic N) is 1. The standard InChI is InChI=1S/C47H93N2O6P/c1-6-8-10-12-13-14-15-16-17-18-19-20-21-22-23-24-25-26-27-28-29-30-31-32-33-34-35-37-39-41-47(51)48-45(46(50)40-38-36-11-9-7-2)44-55-56(52,53)54-43-42-49(3,4)5/h18-19,38,40,45-46,50H,6-17,20-37,39,41-44H2,1-5H3,(H-,48,51,52,53)/b19-18-,40-38+. The number of amides is 1. The maximum atomic E-state index is 12.7. The fourth-order valence-corrected chi connectivity index (χ4v) is 7.58. The van der Waals surface area contributed by atoms with Gasteiger partial charge in [-0.05, 0) is 44.9 Å². The molecule has 9 heteroatoms. The summed E-state index contributed by atoms with van der Waals surface area (Å²) in [6.45, 7) is 4.54. The predicted molar refractivity (Wildman–Crippen MR) is 238 cm³/mol. The number of aliphatic hydroxyl groups excluding tert-OH is 1. The van der Waals surface area contributed by atoms with Gasteiger partial charge in [0.25, 0.3) is 7.82 Å². The van der Waals surface area contributed by atoms with E-state index in [0.29, 0.717) is 17.4 Å². The number of rotatable bonds is 43. The average Bonchev–Trinajstić information content (AvgIpc) is 3.15. The summed E-state index contributed by atoms with van der Waals surface area (Å²) in [6, 6.07) is -0.879. The summed E-state index contributed by atoms with van der Waals surface area (Å²) in [5.41, 5.74) is 0. The highest BCUT2D eigenvalue weighted by Gasteiger charge is 2.23. The van der Waals surface area contributed by atoms with Crippen molar-refractivity contribution in [1.29, 1.82) is 0 Å². The van der Waals surface area contributed by atoms with Gasteiger partial charge in [-0.1, -0.05) is 192 Å². The van der Waals surface area contributed by atoms with E-state index in [4.69, 9.17) is 9.05 Å². The highest BCUT2D eigenvalue weighted by Crippen LogP contribution is 2.38. The zero-order chi connectivity index (χ0) is 41.4. The quantitative estimate of drug-likeness (QED) is 0.0275. The smallest absolute Gasteiger partial charge is 0.268 e. The van der Waals surface area contributed by atoms with Crippen LogP contribution in [0.5, 0.6) is 0 Å². The molecule has 0 aliphatic rings. The van der Waals surface area contributed by atoms with E-state index in [-0.39, 0.29) is 19.1 Å². The molecule has 0 fully saturated rings. The predicted octanol–water partition coefficient (Wildman–Crippen LogP) is 12.7. The number of hydrogen-bond donors (Lipinski definition) is 2. The first-order valence-corrected chi connectivity index (χ1v) is 25.2. The van der Waals surface area contributed by atoms with Gasteiger partial charge >= 0.3 is 0 Å². The molecular formula is C47H93N2O6P. The lowest BCUT2D eigenvalue weighted by atomic mass is 10.0. The van der Waals surface area contributed by atoms with Crippen LogP contribution in [0.25, 0.3) is 0 Å². The molecule has 0 saturated heterocycles. The van der Waals surface area contributed by atoms with Crippen LogP contribution in [0.4, 0.5) is 0 Å².